The van der Waals surface area contributed by atoms with Gasteiger partial charge in [-0.25, -0.2) is 0 Å². The highest BCUT2D eigenvalue weighted by molar-refractivity contribution is 8.02. The predicted octanol–water partition coefficient (Wildman–Crippen LogP) is 5.98. The third-order valence-corrected chi connectivity index (χ3v) is 7.12. The lowest BCUT2D eigenvalue weighted by molar-refractivity contribution is 0.112. The first-order chi connectivity index (χ1) is 13.6. The van der Waals surface area contributed by atoms with E-state index in [0.29, 0.717) is 11.3 Å². The molecule has 4 rings (SSSR count). The van der Waals surface area contributed by atoms with E-state index in [0.717, 1.165) is 42.2 Å². The van der Waals surface area contributed by atoms with E-state index in [1.54, 1.807) is 0 Å². The molecule has 0 aromatic heterocycles. The standard InChI is InChI=1S/C23H25ClN2OS/c1-17-16-28-23(20-7-9-21(24)10-8-20)26(17)14-19-5-3-11-25(13-19)22-6-2-4-18(12-22)15-27/h2,4,6-10,12,15-16,19,23H,3,5,11,13-14H2,1H3. The third-order valence-electron chi connectivity index (χ3n) is 5.60. The van der Waals surface area contributed by atoms with E-state index in [9.17, 15) is 4.79 Å². The second-order valence-electron chi connectivity index (χ2n) is 7.62. The average Bonchev–Trinajstić information content (AvgIpc) is 3.09. The molecule has 2 heterocycles. The van der Waals surface area contributed by atoms with Crippen molar-refractivity contribution in [2.75, 3.05) is 24.5 Å². The molecule has 2 aliphatic rings. The number of carbonyl (C=O) groups excluding carboxylic acids is 1. The van der Waals surface area contributed by atoms with Crippen LogP contribution >= 0.6 is 23.4 Å². The maximum absolute atomic E-state index is 11.1. The van der Waals surface area contributed by atoms with Crippen molar-refractivity contribution in [2.24, 2.45) is 5.92 Å². The third kappa shape index (κ3) is 4.23. The number of piperidine rings is 1. The van der Waals surface area contributed by atoms with E-state index in [1.807, 2.05) is 42.1 Å². The minimum atomic E-state index is 0.325. The Bertz CT molecular complexity index is 867. The fraction of sp³-hybridized carbons (Fsp3) is 0.348. The van der Waals surface area contributed by atoms with E-state index in [-0.39, 0.29) is 0 Å². The zero-order valence-corrected chi connectivity index (χ0v) is 17.6. The molecule has 0 bridgehead atoms. The van der Waals surface area contributed by atoms with E-state index in [4.69, 9.17) is 11.6 Å². The number of rotatable bonds is 5. The second kappa shape index (κ2) is 8.62. The van der Waals surface area contributed by atoms with Crippen LogP contribution in [0.25, 0.3) is 0 Å². The Kier molecular flexibility index (Phi) is 5.98. The molecule has 2 aromatic rings. The molecule has 2 atom stereocenters. The minimum Gasteiger partial charge on any atom is -0.371 e. The van der Waals surface area contributed by atoms with Crippen LogP contribution in [0.2, 0.25) is 5.02 Å². The fourth-order valence-electron chi connectivity index (χ4n) is 4.14. The van der Waals surface area contributed by atoms with Crippen molar-refractivity contribution in [1.82, 2.24) is 4.90 Å². The molecule has 0 spiro atoms. The Morgan fingerprint density at radius 3 is 2.82 bits per heavy atom. The first-order valence-corrected chi connectivity index (χ1v) is 11.1. The molecule has 146 valence electrons. The zero-order valence-electron chi connectivity index (χ0n) is 16.1. The maximum Gasteiger partial charge on any atom is 0.150 e. The van der Waals surface area contributed by atoms with E-state index < -0.39 is 0 Å². The average molecular weight is 413 g/mol. The monoisotopic (exact) mass is 412 g/mol. The Hall–Kier alpha value is -1.91. The minimum absolute atomic E-state index is 0.325. The molecule has 0 aliphatic carbocycles. The van der Waals surface area contributed by atoms with Gasteiger partial charge in [0, 0.05) is 41.6 Å². The lowest BCUT2D eigenvalue weighted by Crippen LogP contribution is -2.40. The van der Waals surface area contributed by atoms with Crippen molar-refractivity contribution in [3.05, 3.63) is 75.8 Å². The van der Waals surface area contributed by atoms with Gasteiger partial charge in [0.25, 0.3) is 0 Å². The van der Waals surface area contributed by atoms with Crippen LogP contribution in [0.15, 0.2) is 59.6 Å². The number of aldehydes is 1. The first-order valence-electron chi connectivity index (χ1n) is 9.78. The van der Waals surface area contributed by atoms with Gasteiger partial charge in [-0.05, 0) is 60.9 Å². The number of benzene rings is 2. The van der Waals surface area contributed by atoms with Gasteiger partial charge >= 0.3 is 0 Å². The molecule has 0 radical (unpaired) electrons. The van der Waals surface area contributed by atoms with Gasteiger partial charge in [0.2, 0.25) is 0 Å². The normalized spacial score (nSPS) is 22.3. The number of hydrogen-bond acceptors (Lipinski definition) is 4. The van der Waals surface area contributed by atoms with Crippen LogP contribution in [0.5, 0.6) is 0 Å². The molecule has 2 aromatic carbocycles. The highest BCUT2D eigenvalue weighted by Gasteiger charge is 2.30. The summed E-state index contributed by atoms with van der Waals surface area (Å²) in [5.74, 6) is 0.602. The molecular formula is C23H25ClN2OS. The molecule has 0 N–H and O–H groups in total. The molecule has 5 heteroatoms. The van der Waals surface area contributed by atoms with E-state index >= 15 is 0 Å². The van der Waals surface area contributed by atoms with Crippen molar-refractivity contribution in [3.63, 3.8) is 0 Å². The van der Waals surface area contributed by atoms with Gasteiger partial charge in [-0.15, -0.1) is 11.8 Å². The summed E-state index contributed by atoms with van der Waals surface area (Å²) in [6.07, 6.45) is 3.36. The van der Waals surface area contributed by atoms with Crippen molar-refractivity contribution in [3.8, 4) is 0 Å². The van der Waals surface area contributed by atoms with E-state index in [2.05, 4.69) is 40.3 Å². The summed E-state index contributed by atoms with van der Waals surface area (Å²) in [5.41, 5.74) is 4.54. The fourth-order valence-corrected chi connectivity index (χ4v) is 5.44. The SMILES string of the molecule is CC1=CSC(c2ccc(Cl)cc2)N1CC1CCCN(c2cccc(C=O)c2)C1. The molecule has 0 saturated carbocycles. The van der Waals surface area contributed by atoms with Crippen molar-refractivity contribution in [1.29, 1.82) is 0 Å². The molecule has 1 fully saturated rings. The second-order valence-corrected chi connectivity index (χ2v) is 9.01. The molecule has 2 unspecified atom stereocenters. The number of thioether (sulfide) groups is 1. The number of anilines is 1. The highest BCUT2D eigenvalue weighted by Crippen LogP contribution is 2.43. The van der Waals surface area contributed by atoms with Crippen LogP contribution in [0, 0.1) is 5.92 Å². The Balaban J connectivity index is 1.46. The topological polar surface area (TPSA) is 23.6 Å². The van der Waals surface area contributed by atoms with Crippen LogP contribution in [-0.4, -0.2) is 30.8 Å². The van der Waals surface area contributed by atoms with Crippen LogP contribution in [0.3, 0.4) is 0 Å². The van der Waals surface area contributed by atoms with Crippen molar-refractivity contribution < 1.29 is 4.79 Å². The Morgan fingerprint density at radius 2 is 2.04 bits per heavy atom. The van der Waals surface area contributed by atoms with Crippen LogP contribution in [-0.2, 0) is 0 Å². The lowest BCUT2D eigenvalue weighted by Gasteiger charge is -2.38. The molecule has 0 amide bonds. The highest BCUT2D eigenvalue weighted by atomic mass is 35.5. The van der Waals surface area contributed by atoms with Gasteiger partial charge in [-0.3, -0.25) is 4.79 Å². The van der Waals surface area contributed by atoms with Crippen molar-refractivity contribution >= 4 is 35.3 Å². The Labute approximate surface area is 176 Å². The van der Waals surface area contributed by atoms with Gasteiger partial charge in [0.15, 0.2) is 0 Å². The van der Waals surface area contributed by atoms with Gasteiger partial charge in [0.05, 0.1) is 0 Å². The summed E-state index contributed by atoms with van der Waals surface area (Å²) >= 11 is 7.95. The number of nitrogens with zero attached hydrogens (tertiary/aromatic N) is 2. The van der Waals surface area contributed by atoms with Gasteiger partial charge in [0.1, 0.15) is 11.7 Å². The lowest BCUT2D eigenvalue weighted by atomic mass is 9.96. The molecule has 3 nitrogen and oxygen atoms in total. The smallest absolute Gasteiger partial charge is 0.150 e. The van der Waals surface area contributed by atoms with E-state index in [1.165, 1.54) is 24.1 Å². The first kappa shape index (κ1) is 19.4. The summed E-state index contributed by atoms with van der Waals surface area (Å²) < 4.78 is 0. The number of carbonyl (C=O) groups is 1. The summed E-state index contributed by atoms with van der Waals surface area (Å²) in [5, 5.41) is 3.38. The summed E-state index contributed by atoms with van der Waals surface area (Å²) in [6, 6.07) is 16.2. The number of allylic oxidation sites excluding steroid dienone is 1. The zero-order chi connectivity index (χ0) is 19.5. The molecular weight excluding hydrogens is 388 g/mol. The number of halogens is 1. The van der Waals surface area contributed by atoms with Crippen LogP contribution in [0.4, 0.5) is 5.69 Å². The number of hydrogen-bond donors (Lipinski definition) is 0. The van der Waals surface area contributed by atoms with Gasteiger partial charge in [-0.2, -0.15) is 0 Å². The van der Waals surface area contributed by atoms with Crippen molar-refractivity contribution in [2.45, 2.75) is 25.1 Å². The summed E-state index contributed by atoms with van der Waals surface area (Å²) in [4.78, 5) is 16.1. The largest absolute Gasteiger partial charge is 0.371 e. The summed E-state index contributed by atoms with van der Waals surface area (Å²) in [6.45, 7) is 5.34. The van der Waals surface area contributed by atoms with Crippen LogP contribution in [0.1, 0.15) is 41.1 Å². The molecule has 28 heavy (non-hydrogen) atoms. The molecule has 1 saturated heterocycles. The van der Waals surface area contributed by atoms with Gasteiger partial charge < -0.3 is 9.80 Å². The van der Waals surface area contributed by atoms with Crippen LogP contribution < -0.4 is 4.90 Å². The van der Waals surface area contributed by atoms with Gasteiger partial charge in [-0.1, -0.05) is 35.9 Å². The molecule has 2 aliphatic heterocycles. The maximum atomic E-state index is 11.1. The summed E-state index contributed by atoms with van der Waals surface area (Å²) in [7, 11) is 0. The predicted molar refractivity (Wildman–Crippen MR) is 119 cm³/mol. The quantitative estimate of drug-likeness (QED) is 0.564. The Morgan fingerprint density at radius 1 is 1.21 bits per heavy atom.